The summed E-state index contributed by atoms with van der Waals surface area (Å²) >= 11 is 0. The summed E-state index contributed by atoms with van der Waals surface area (Å²) in [4.78, 5) is 14.6. The molecule has 1 saturated carbocycles. The van der Waals surface area contributed by atoms with E-state index in [2.05, 4.69) is 11.8 Å². The molecule has 3 heteroatoms. The summed E-state index contributed by atoms with van der Waals surface area (Å²) in [7, 11) is 0. The van der Waals surface area contributed by atoms with Gasteiger partial charge in [0.15, 0.2) is 0 Å². The van der Waals surface area contributed by atoms with Crippen LogP contribution in [0.15, 0.2) is 0 Å². The van der Waals surface area contributed by atoms with Gasteiger partial charge in [-0.15, -0.1) is 0 Å². The van der Waals surface area contributed by atoms with E-state index < -0.39 is 5.54 Å². The number of rotatable bonds is 2. The first-order valence-corrected chi connectivity index (χ1v) is 6.77. The highest BCUT2D eigenvalue weighted by Crippen LogP contribution is 2.31. The SMILES string of the molecule is CCC1CCCCN1C(=O)C1(N)CCCC1. The summed E-state index contributed by atoms with van der Waals surface area (Å²) in [6.07, 6.45) is 8.66. The number of likely N-dealkylation sites (tertiary alicyclic amines) is 1. The topological polar surface area (TPSA) is 46.3 Å². The van der Waals surface area contributed by atoms with Crippen LogP contribution >= 0.6 is 0 Å². The second kappa shape index (κ2) is 4.74. The highest BCUT2D eigenvalue weighted by Gasteiger charge is 2.41. The maximum atomic E-state index is 12.5. The fourth-order valence-electron chi connectivity index (χ4n) is 3.20. The number of nitrogens with two attached hydrogens (primary N) is 1. The fraction of sp³-hybridized carbons (Fsp3) is 0.923. The highest BCUT2D eigenvalue weighted by molar-refractivity contribution is 5.86. The molecule has 0 spiro atoms. The van der Waals surface area contributed by atoms with Crippen molar-refractivity contribution in [2.45, 2.75) is 69.9 Å². The first-order valence-electron chi connectivity index (χ1n) is 6.77. The smallest absolute Gasteiger partial charge is 0.242 e. The number of carbonyl (C=O) groups excluding carboxylic acids is 1. The van der Waals surface area contributed by atoms with E-state index in [1.165, 1.54) is 12.8 Å². The van der Waals surface area contributed by atoms with Crippen molar-refractivity contribution in [2.75, 3.05) is 6.54 Å². The minimum absolute atomic E-state index is 0.233. The molecule has 0 aromatic rings. The Kier molecular flexibility index (Phi) is 3.53. The number of hydrogen-bond donors (Lipinski definition) is 1. The van der Waals surface area contributed by atoms with Crippen molar-refractivity contribution in [3.05, 3.63) is 0 Å². The van der Waals surface area contributed by atoms with E-state index in [0.29, 0.717) is 6.04 Å². The van der Waals surface area contributed by atoms with Crippen LogP contribution in [0.3, 0.4) is 0 Å². The molecule has 0 bridgehead atoms. The van der Waals surface area contributed by atoms with Gasteiger partial charge in [0, 0.05) is 12.6 Å². The molecule has 1 atom stereocenters. The van der Waals surface area contributed by atoms with Gasteiger partial charge in [0.2, 0.25) is 5.91 Å². The van der Waals surface area contributed by atoms with Gasteiger partial charge >= 0.3 is 0 Å². The van der Waals surface area contributed by atoms with E-state index in [9.17, 15) is 4.79 Å². The lowest BCUT2D eigenvalue weighted by molar-refractivity contribution is -0.140. The Morgan fingerprint density at radius 3 is 2.62 bits per heavy atom. The van der Waals surface area contributed by atoms with Gasteiger partial charge in [-0.25, -0.2) is 0 Å². The molecule has 16 heavy (non-hydrogen) atoms. The number of nitrogens with zero attached hydrogens (tertiary/aromatic N) is 1. The van der Waals surface area contributed by atoms with Crippen LogP contribution in [0, 0.1) is 0 Å². The van der Waals surface area contributed by atoms with Crippen LogP contribution in [0.4, 0.5) is 0 Å². The van der Waals surface area contributed by atoms with Crippen molar-refractivity contribution in [3.8, 4) is 0 Å². The number of carbonyl (C=O) groups is 1. The summed E-state index contributed by atoms with van der Waals surface area (Å²) in [6, 6.07) is 0.447. The number of amides is 1. The van der Waals surface area contributed by atoms with Crippen molar-refractivity contribution in [2.24, 2.45) is 5.73 Å². The molecule has 2 rings (SSSR count). The van der Waals surface area contributed by atoms with Crippen LogP contribution in [0.5, 0.6) is 0 Å². The van der Waals surface area contributed by atoms with E-state index >= 15 is 0 Å². The summed E-state index contributed by atoms with van der Waals surface area (Å²) < 4.78 is 0. The zero-order chi connectivity index (χ0) is 11.6. The standard InChI is InChI=1S/C13H24N2O/c1-2-11-7-3-6-10-15(11)12(16)13(14)8-4-5-9-13/h11H,2-10,14H2,1H3. The molecule has 1 aliphatic carbocycles. The van der Waals surface area contributed by atoms with Gasteiger partial charge in [-0.05, 0) is 38.5 Å². The normalized spacial score (nSPS) is 29.4. The van der Waals surface area contributed by atoms with E-state index in [1.807, 2.05) is 0 Å². The van der Waals surface area contributed by atoms with Gasteiger partial charge in [0.25, 0.3) is 0 Å². The summed E-state index contributed by atoms with van der Waals surface area (Å²) in [5.41, 5.74) is 5.74. The second-order valence-corrected chi connectivity index (χ2v) is 5.42. The van der Waals surface area contributed by atoms with E-state index in [0.717, 1.165) is 45.1 Å². The molecule has 2 N–H and O–H groups in total. The lowest BCUT2D eigenvalue weighted by Crippen LogP contribution is -2.57. The molecule has 1 heterocycles. The van der Waals surface area contributed by atoms with Gasteiger partial charge in [-0.2, -0.15) is 0 Å². The average Bonchev–Trinajstić information content (AvgIpc) is 2.76. The minimum atomic E-state index is -0.523. The van der Waals surface area contributed by atoms with E-state index in [4.69, 9.17) is 5.73 Å². The zero-order valence-electron chi connectivity index (χ0n) is 10.4. The van der Waals surface area contributed by atoms with Crippen LogP contribution in [-0.4, -0.2) is 28.9 Å². The maximum Gasteiger partial charge on any atom is 0.242 e. The van der Waals surface area contributed by atoms with Gasteiger partial charge in [-0.3, -0.25) is 4.79 Å². The Labute approximate surface area is 98.4 Å². The minimum Gasteiger partial charge on any atom is -0.338 e. The third-order valence-electron chi connectivity index (χ3n) is 4.28. The molecule has 1 saturated heterocycles. The average molecular weight is 224 g/mol. The Bertz CT molecular complexity index is 259. The fourth-order valence-corrected chi connectivity index (χ4v) is 3.20. The van der Waals surface area contributed by atoms with Crippen LogP contribution in [0.2, 0.25) is 0 Å². The Balaban J connectivity index is 2.07. The summed E-state index contributed by atoms with van der Waals surface area (Å²) in [6.45, 7) is 3.10. The molecule has 1 unspecified atom stereocenters. The molecule has 0 radical (unpaired) electrons. The Morgan fingerprint density at radius 2 is 2.00 bits per heavy atom. The molecule has 92 valence electrons. The van der Waals surface area contributed by atoms with Crippen LogP contribution in [0.1, 0.15) is 58.3 Å². The molecular weight excluding hydrogens is 200 g/mol. The number of hydrogen-bond acceptors (Lipinski definition) is 2. The van der Waals surface area contributed by atoms with E-state index in [-0.39, 0.29) is 5.91 Å². The van der Waals surface area contributed by atoms with Crippen LogP contribution < -0.4 is 5.73 Å². The third kappa shape index (κ3) is 2.10. The lowest BCUT2D eigenvalue weighted by Gasteiger charge is -2.39. The largest absolute Gasteiger partial charge is 0.338 e. The molecule has 3 nitrogen and oxygen atoms in total. The molecule has 0 aromatic carbocycles. The van der Waals surface area contributed by atoms with Crippen LogP contribution in [0.25, 0.3) is 0 Å². The van der Waals surface area contributed by atoms with Crippen molar-refractivity contribution in [1.29, 1.82) is 0 Å². The number of piperidine rings is 1. The molecule has 0 aromatic heterocycles. The van der Waals surface area contributed by atoms with Crippen molar-refractivity contribution < 1.29 is 4.79 Å². The zero-order valence-corrected chi connectivity index (χ0v) is 10.4. The maximum absolute atomic E-state index is 12.5. The van der Waals surface area contributed by atoms with Crippen molar-refractivity contribution >= 4 is 5.91 Å². The van der Waals surface area contributed by atoms with Gasteiger partial charge in [0.05, 0.1) is 5.54 Å². The molecule has 1 aliphatic heterocycles. The van der Waals surface area contributed by atoms with E-state index in [1.54, 1.807) is 0 Å². The predicted octanol–water partition coefficient (Wildman–Crippen LogP) is 2.05. The van der Waals surface area contributed by atoms with Gasteiger partial charge < -0.3 is 10.6 Å². The second-order valence-electron chi connectivity index (χ2n) is 5.42. The molecular formula is C13H24N2O. The van der Waals surface area contributed by atoms with Crippen molar-refractivity contribution in [1.82, 2.24) is 4.90 Å². The summed E-state index contributed by atoms with van der Waals surface area (Å²) in [5.74, 6) is 0.233. The van der Waals surface area contributed by atoms with Crippen molar-refractivity contribution in [3.63, 3.8) is 0 Å². The predicted molar refractivity (Wildman–Crippen MR) is 65.0 cm³/mol. The first kappa shape index (κ1) is 11.9. The molecule has 2 aliphatic rings. The Hall–Kier alpha value is -0.570. The first-order chi connectivity index (χ1) is 7.67. The van der Waals surface area contributed by atoms with Gasteiger partial charge in [-0.1, -0.05) is 19.8 Å². The Morgan fingerprint density at radius 1 is 1.31 bits per heavy atom. The lowest BCUT2D eigenvalue weighted by atomic mass is 9.92. The van der Waals surface area contributed by atoms with Crippen LogP contribution in [-0.2, 0) is 4.79 Å². The molecule has 2 fully saturated rings. The highest BCUT2D eigenvalue weighted by atomic mass is 16.2. The molecule has 1 amide bonds. The third-order valence-corrected chi connectivity index (χ3v) is 4.28. The quantitative estimate of drug-likeness (QED) is 0.780. The summed E-state index contributed by atoms with van der Waals surface area (Å²) in [5, 5.41) is 0. The monoisotopic (exact) mass is 224 g/mol. The van der Waals surface area contributed by atoms with Gasteiger partial charge in [0.1, 0.15) is 0 Å².